The Kier molecular flexibility index (Phi) is 6.45. The van der Waals surface area contributed by atoms with Crippen LogP contribution in [-0.2, 0) is 4.79 Å². The first kappa shape index (κ1) is 23.4. The van der Waals surface area contributed by atoms with Crippen molar-refractivity contribution >= 4 is 11.4 Å². The minimum Gasteiger partial charge on any atom is -0.512 e. The molecule has 4 nitrogen and oxygen atoms in total. The maximum Gasteiger partial charge on any atom is 0.139 e. The van der Waals surface area contributed by atoms with E-state index in [1.54, 1.807) is 0 Å². The lowest BCUT2D eigenvalue weighted by Crippen LogP contribution is -2.40. The van der Waals surface area contributed by atoms with Gasteiger partial charge in [0.1, 0.15) is 18.1 Å². The van der Waals surface area contributed by atoms with Crippen LogP contribution in [0, 0.1) is 17.3 Å². The highest BCUT2D eigenvalue weighted by atomic mass is 16.5. The molecule has 1 aromatic carbocycles. The molecule has 0 aromatic heterocycles. The van der Waals surface area contributed by atoms with Crippen molar-refractivity contribution in [2.75, 3.05) is 26.2 Å². The predicted octanol–water partition coefficient (Wildman–Crippen LogP) is 6.49. The van der Waals surface area contributed by atoms with Gasteiger partial charge in [0.05, 0.1) is 5.76 Å². The molecule has 0 spiro atoms. The van der Waals surface area contributed by atoms with E-state index in [1.165, 1.54) is 27.9 Å². The number of carbonyl (C=O) groups is 1. The van der Waals surface area contributed by atoms with Crippen molar-refractivity contribution < 1.29 is 14.6 Å². The van der Waals surface area contributed by atoms with Crippen LogP contribution in [0.15, 0.2) is 52.8 Å². The number of aliphatic hydroxyl groups is 1. The predicted molar refractivity (Wildman–Crippen MR) is 137 cm³/mol. The van der Waals surface area contributed by atoms with Gasteiger partial charge < -0.3 is 14.7 Å². The van der Waals surface area contributed by atoms with Crippen LogP contribution < -0.4 is 4.74 Å². The van der Waals surface area contributed by atoms with Gasteiger partial charge in [-0.1, -0.05) is 32.9 Å². The molecule has 4 heteroatoms. The van der Waals surface area contributed by atoms with E-state index in [0.29, 0.717) is 30.0 Å². The topological polar surface area (TPSA) is 49.8 Å². The fourth-order valence-electron chi connectivity index (χ4n) is 7.07. The SMILES string of the molecule is CCN(CC)CCOc1ccc(C2=C3C4=C(C=C(O)CC4)CCC3C3CCC(=O)[C@@]3(C)C2)cc1. The second-order valence-corrected chi connectivity index (χ2v) is 10.7. The third kappa shape index (κ3) is 4.04. The van der Waals surface area contributed by atoms with Gasteiger partial charge in [0, 0.05) is 24.8 Å². The molecular formula is C30H39NO3. The molecule has 3 atom stereocenters. The highest BCUT2D eigenvalue weighted by Crippen LogP contribution is 2.61. The highest BCUT2D eigenvalue weighted by molar-refractivity contribution is 5.91. The van der Waals surface area contributed by atoms with Crippen LogP contribution in [0.2, 0.25) is 0 Å². The first-order valence-corrected chi connectivity index (χ1v) is 13.3. The lowest BCUT2D eigenvalue weighted by molar-refractivity contribution is -0.126. The Morgan fingerprint density at radius 1 is 1.03 bits per heavy atom. The molecule has 5 rings (SSSR count). The van der Waals surface area contributed by atoms with Crippen LogP contribution >= 0.6 is 0 Å². The average molecular weight is 462 g/mol. The Morgan fingerprint density at radius 3 is 2.53 bits per heavy atom. The zero-order valence-corrected chi connectivity index (χ0v) is 21.0. The van der Waals surface area contributed by atoms with Crippen LogP contribution in [0.3, 0.4) is 0 Å². The van der Waals surface area contributed by atoms with E-state index >= 15 is 0 Å². The molecule has 1 saturated carbocycles. The van der Waals surface area contributed by atoms with Crippen molar-refractivity contribution in [1.29, 1.82) is 0 Å². The number of aliphatic hydroxyl groups excluding tert-OH is 1. The molecule has 1 fully saturated rings. The Hall–Kier alpha value is -2.33. The average Bonchev–Trinajstić information content (AvgIpc) is 3.15. The number of nitrogens with zero attached hydrogens (tertiary/aromatic N) is 1. The summed E-state index contributed by atoms with van der Waals surface area (Å²) in [5.74, 6) is 2.78. The van der Waals surface area contributed by atoms with Crippen LogP contribution in [0.4, 0.5) is 0 Å². The lowest BCUT2D eigenvalue weighted by atomic mass is 9.56. The van der Waals surface area contributed by atoms with Gasteiger partial charge in [-0.05, 0) is 103 Å². The van der Waals surface area contributed by atoms with Crippen LogP contribution in [0.25, 0.3) is 5.57 Å². The molecule has 0 aliphatic heterocycles. The Morgan fingerprint density at radius 2 is 1.79 bits per heavy atom. The van der Waals surface area contributed by atoms with E-state index in [1.807, 2.05) is 6.08 Å². The van der Waals surface area contributed by atoms with Gasteiger partial charge in [0.2, 0.25) is 0 Å². The highest BCUT2D eigenvalue weighted by Gasteiger charge is 2.54. The van der Waals surface area contributed by atoms with E-state index in [4.69, 9.17) is 4.74 Å². The second kappa shape index (κ2) is 9.37. The number of hydrogen-bond donors (Lipinski definition) is 1. The van der Waals surface area contributed by atoms with Crippen molar-refractivity contribution in [3.63, 3.8) is 0 Å². The summed E-state index contributed by atoms with van der Waals surface area (Å²) in [4.78, 5) is 15.4. The summed E-state index contributed by atoms with van der Waals surface area (Å²) < 4.78 is 6.04. The Balaban J connectivity index is 1.48. The number of ether oxygens (including phenoxy) is 1. The smallest absolute Gasteiger partial charge is 0.139 e. The molecular weight excluding hydrogens is 422 g/mol. The summed E-state index contributed by atoms with van der Waals surface area (Å²) >= 11 is 0. The summed E-state index contributed by atoms with van der Waals surface area (Å²) in [5.41, 5.74) is 6.60. The monoisotopic (exact) mass is 461 g/mol. The zero-order valence-electron chi connectivity index (χ0n) is 21.0. The molecule has 4 aliphatic carbocycles. The number of ketones is 1. The largest absolute Gasteiger partial charge is 0.512 e. The van der Waals surface area contributed by atoms with Crippen LogP contribution in [0.1, 0.15) is 71.3 Å². The second-order valence-electron chi connectivity index (χ2n) is 10.7. The molecule has 0 radical (unpaired) electrons. The number of rotatable bonds is 7. The van der Waals surface area contributed by atoms with Crippen molar-refractivity contribution in [3.05, 3.63) is 58.4 Å². The molecule has 0 amide bonds. The number of carbonyl (C=O) groups excluding carboxylic acids is 1. The van der Waals surface area contributed by atoms with Gasteiger partial charge in [-0.3, -0.25) is 4.79 Å². The number of allylic oxidation sites excluding steroid dienone is 6. The van der Waals surface area contributed by atoms with Crippen molar-refractivity contribution in [3.8, 4) is 5.75 Å². The third-order valence-electron chi connectivity index (χ3n) is 9.05. The number of likely N-dealkylation sites (N-methyl/N-ethyl adjacent to an activating group) is 1. The van der Waals surface area contributed by atoms with E-state index in [0.717, 1.165) is 70.3 Å². The minimum atomic E-state index is -0.243. The number of fused-ring (bicyclic) bond motifs is 4. The molecule has 182 valence electrons. The minimum absolute atomic E-state index is 0.243. The number of hydrogen-bond acceptors (Lipinski definition) is 4. The van der Waals surface area contributed by atoms with E-state index in [-0.39, 0.29) is 5.41 Å². The summed E-state index contributed by atoms with van der Waals surface area (Å²) in [6, 6.07) is 8.58. The van der Waals surface area contributed by atoms with Gasteiger partial charge in [-0.25, -0.2) is 0 Å². The normalized spacial score (nSPS) is 28.6. The van der Waals surface area contributed by atoms with E-state index in [2.05, 4.69) is 49.9 Å². The summed E-state index contributed by atoms with van der Waals surface area (Å²) in [6.45, 7) is 10.3. The molecule has 0 saturated heterocycles. The first-order valence-electron chi connectivity index (χ1n) is 13.3. The maximum absolute atomic E-state index is 13.1. The Bertz CT molecular complexity index is 1040. The van der Waals surface area contributed by atoms with Gasteiger partial charge in [0.15, 0.2) is 0 Å². The first-order chi connectivity index (χ1) is 16.4. The quantitative estimate of drug-likeness (QED) is 0.504. The van der Waals surface area contributed by atoms with Crippen molar-refractivity contribution in [2.45, 2.75) is 65.7 Å². The molecule has 2 unspecified atom stereocenters. The molecule has 0 heterocycles. The fraction of sp³-hybridized carbons (Fsp3) is 0.567. The third-order valence-corrected chi connectivity index (χ3v) is 9.05. The summed E-state index contributed by atoms with van der Waals surface area (Å²) in [7, 11) is 0. The molecule has 34 heavy (non-hydrogen) atoms. The molecule has 1 aromatic rings. The van der Waals surface area contributed by atoms with Crippen LogP contribution in [-0.4, -0.2) is 42.0 Å². The van der Waals surface area contributed by atoms with Crippen LogP contribution in [0.5, 0.6) is 5.75 Å². The maximum atomic E-state index is 13.1. The van der Waals surface area contributed by atoms with Gasteiger partial charge in [0.25, 0.3) is 0 Å². The van der Waals surface area contributed by atoms with Gasteiger partial charge in [-0.15, -0.1) is 0 Å². The Labute approximate surface area is 204 Å². The number of benzene rings is 1. The summed E-state index contributed by atoms with van der Waals surface area (Å²) in [5, 5.41) is 10.2. The van der Waals surface area contributed by atoms with Gasteiger partial charge in [-0.2, -0.15) is 0 Å². The molecule has 0 bridgehead atoms. The van der Waals surface area contributed by atoms with Gasteiger partial charge >= 0.3 is 0 Å². The zero-order chi connectivity index (χ0) is 23.9. The standard InChI is InChI=1S/C30H39NO3/c1-4-31(5-2)16-17-34-23-10-6-20(7-11-23)26-19-30(3)27(14-15-28(30)33)25-12-8-21-18-22(32)9-13-24(21)29(25)26/h6-7,10-11,18,25,27,32H,4-5,8-9,12-17,19H2,1-3H3/t25?,27?,30-/m0/s1. The molecule has 4 aliphatic rings. The summed E-state index contributed by atoms with van der Waals surface area (Å²) in [6.07, 6.45) is 8.34. The van der Waals surface area contributed by atoms with E-state index < -0.39 is 0 Å². The number of Topliss-reactive ketones (excluding diaryl/α,β-unsaturated/α-hetero) is 1. The van der Waals surface area contributed by atoms with E-state index in [9.17, 15) is 9.90 Å². The van der Waals surface area contributed by atoms with Crippen molar-refractivity contribution in [1.82, 2.24) is 4.90 Å². The molecule has 1 N–H and O–H groups in total. The fourth-order valence-corrected chi connectivity index (χ4v) is 7.07. The van der Waals surface area contributed by atoms with Crippen molar-refractivity contribution in [2.24, 2.45) is 17.3 Å². The lowest BCUT2D eigenvalue weighted by Gasteiger charge is -2.47.